The molecule has 3 aromatic rings. The zero-order chi connectivity index (χ0) is 15.4. The normalized spacial score (nSPS) is 12.0. The van der Waals surface area contributed by atoms with Gasteiger partial charge in [-0.15, -0.1) is 0 Å². The van der Waals surface area contributed by atoms with Crippen molar-refractivity contribution in [2.45, 2.75) is 12.5 Å². The molecule has 0 unspecified atom stereocenters. The van der Waals surface area contributed by atoms with Crippen molar-refractivity contribution in [3.05, 3.63) is 78.4 Å². The van der Waals surface area contributed by atoms with Crippen LogP contribution in [0.4, 0.5) is 0 Å². The Morgan fingerprint density at radius 3 is 2.36 bits per heavy atom. The molecule has 0 bridgehead atoms. The highest BCUT2D eigenvalue weighted by atomic mass is 16.5. The third-order valence-corrected chi connectivity index (χ3v) is 3.54. The second-order valence-corrected chi connectivity index (χ2v) is 5.23. The Bertz CT molecular complexity index is 784. The topological polar surface area (TPSA) is 52.3 Å². The van der Waals surface area contributed by atoms with Gasteiger partial charge in [0, 0.05) is 0 Å². The third kappa shape index (κ3) is 3.32. The summed E-state index contributed by atoms with van der Waals surface area (Å²) in [5, 5.41) is 2.14. The Balaban J connectivity index is 1.69. The van der Waals surface area contributed by atoms with Crippen LogP contribution in [0.2, 0.25) is 0 Å². The van der Waals surface area contributed by atoms with Gasteiger partial charge in [0.25, 0.3) is 0 Å². The van der Waals surface area contributed by atoms with Crippen molar-refractivity contribution in [3.63, 3.8) is 0 Å². The molecule has 3 nitrogen and oxygen atoms in total. The maximum atomic E-state index is 12.1. The molecule has 0 radical (unpaired) electrons. The minimum absolute atomic E-state index is 0.417. The van der Waals surface area contributed by atoms with E-state index in [1.165, 1.54) is 0 Å². The van der Waals surface area contributed by atoms with Crippen LogP contribution in [0.5, 0.6) is 5.75 Å². The van der Waals surface area contributed by atoms with Crippen LogP contribution in [-0.4, -0.2) is 12.0 Å². The van der Waals surface area contributed by atoms with Gasteiger partial charge < -0.3 is 10.5 Å². The molecule has 0 fully saturated rings. The van der Waals surface area contributed by atoms with Crippen molar-refractivity contribution in [1.82, 2.24) is 0 Å². The minimum atomic E-state index is -0.672. The van der Waals surface area contributed by atoms with E-state index in [-0.39, 0.29) is 0 Å². The van der Waals surface area contributed by atoms with Crippen LogP contribution in [0.25, 0.3) is 10.8 Å². The monoisotopic (exact) mass is 291 g/mol. The van der Waals surface area contributed by atoms with E-state index in [4.69, 9.17) is 10.5 Å². The van der Waals surface area contributed by atoms with Gasteiger partial charge in [-0.2, -0.15) is 0 Å². The molecule has 3 heteroatoms. The standard InChI is InChI=1S/C19H17NO2/c20-18(12-14-6-2-1-3-7-14)19(21)22-17-11-10-15-8-4-5-9-16(15)13-17/h1-11,13,18H,12,20H2/t18-/m0/s1. The maximum Gasteiger partial charge on any atom is 0.328 e. The average Bonchev–Trinajstić information content (AvgIpc) is 2.55. The van der Waals surface area contributed by atoms with Crippen LogP contribution in [0.1, 0.15) is 5.56 Å². The highest BCUT2D eigenvalue weighted by Gasteiger charge is 2.16. The molecule has 0 aromatic heterocycles. The Kier molecular flexibility index (Phi) is 4.17. The number of esters is 1. The first-order chi connectivity index (χ1) is 10.7. The predicted molar refractivity (Wildman–Crippen MR) is 87.7 cm³/mol. The number of hydrogen-bond donors (Lipinski definition) is 1. The molecule has 0 aliphatic heterocycles. The summed E-state index contributed by atoms with van der Waals surface area (Å²) in [6.45, 7) is 0. The summed E-state index contributed by atoms with van der Waals surface area (Å²) in [4.78, 5) is 12.1. The summed E-state index contributed by atoms with van der Waals surface area (Å²) < 4.78 is 5.39. The Morgan fingerprint density at radius 1 is 0.909 bits per heavy atom. The van der Waals surface area contributed by atoms with Crippen LogP contribution in [0.15, 0.2) is 72.8 Å². The molecular formula is C19H17NO2. The number of carbonyl (C=O) groups is 1. The van der Waals surface area contributed by atoms with Gasteiger partial charge in [0.15, 0.2) is 0 Å². The Morgan fingerprint density at radius 2 is 1.59 bits per heavy atom. The first-order valence-electron chi connectivity index (χ1n) is 7.22. The highest BCUT2D eigenvalue weighted by molar-refractivity contribution is 5.85. The largest absolute Gasteiger partial charge is 0.425 e. The molecule has 0 amide bonds. The SMILES string of the molecule is N[C@@H](Cc1ccccc1)C(=O)Oc1ccc2ccccc2c1. The Hall–Kier alpha value is -2.65. The first kappa shape index (κ1) is 14.3. The van der Waals surface area contributed by atoms with E-state index in [0.29, 0.717) is 12.2 Å². The molecule has 3 rings (SSSR count). The predicted octanol–water partition coefficient (Wildman–Crippen LogP) is 3.32. The lowest BCUT2D eigenvalue weighted by atomic mass is 10.1. The molecule has 3 aromatic carbocycles. The second-order valence-electron chi connectivity index (χ2n) is 5.23. The lowest BCUT2D eigenvalue weighted by Gasteiger charge is -2.11. The summed E-state index contributed by atoms with van der Waals surface area (Å²) in [5.41, 5.74) is 6.95. The van der Waals surface area contributed by atoms with E-state index in [0.717, 1.165) is 16.3 Å². The van der Waals surface area contributed by atoms with Crippen molar-refractivity contribution in [2.75, 3.05) is 0 Å². The molecule has 22 heavy (non-hydrogen) atoms. The number of hydrogen-bond acceptors (Lipinski definition) is 3. The number of nitrogens with two attached hydrogens (primary N) is 1. The van der Waals surface area contributed by atoms with E-state index in [1.54, 1.807) is 6.07 Å². The first-order valence-corrected chi connectivity index (χ1v) is 7.22. The number of fused-ring (bicyclic) bond motifs is 1. The average molecular weight is 291 g/mol. The van der Waals surface area contributed by atoms with Gasteiger partial charge in [0.1, 0.15) is 11.8 Å². The van der Waals surface area contributed by atoms with Crippen molar-refractivity contribution < 1.29 is 9.53 Å². The Labute approximate surface area is 129 Å². The fraction of sp³-hybridized carbons (Fsp3) is 0.105. The van der Waals surface area contributed by atoms with Gasteiger partial charge in [-0.25, -0.2) is 4.79 Å². The van der Waals surface area contributed by atoms with Gasteiger partial charge in [0.05, 0.1) is 0 Å². The van der Waals surface area contributed by atoms with Crippen LogP contribution in [0, 0.1) is 0 Å². The summed E-state index contributed by atoms with van der Waals surface area (Å²) >= 11 is 0. The van der Waals surface area contributed by atoms with Crippen LogP contribution >= 0.6 is 0 Å². The zero-order valence-corrected chi connectivity index (χ0v) is 12.1. The van der Waals surface area contributed by atoms with E-state index in [1.807, 2.05) is 66.7 Å². The van der Waals surface area contributed by atoms with Crippen LogP contribution in [-0.2, 0) is 11.2 Å². The number of ether oxygens (including phenoxy) is 1. The van der Waals surface area contributed by atoms with Gasteiger partial charge in [-0.1, -0.05) is 60.7 Å². The number of rotatable bonds is 4. The number of carbonyl (C=O) groups excluding carboxylic acids is 1. The lowest BCUT2D eigenvalue weighted by Crippen LogP contribution is -2.36. The highest BCUT2D eigenvalue weighted by Crippen LogP contribution is 2.21. The quantitative estimate of drug-likeness (QED) is 0.592. The fourth-order valence-corrected chi connectivity index (χ4v) is 2.37. The van der Waals surface area contributed by atoms with Gasteiger partial charge in [-0.3, -0.25) is 0 Å². The summed E-state index contributed by atoms with van der Waals surface area (Å²) in [6.07, 6.45) is 0.466. The van der Waals surface area contributed by atoms with E-state index in [9.17, 15) is 4.79 Å². The molecule has 0 heterocycles. The van der Waals surface area contributed by atoms with E-state index >= 15 is 0 Å². The number of benzene rings is 3. The second kappa shape index (κ2) is 6.41. The van der Waals surface area contributed by atoms with E-state index < -0.39 is 12.0 Å². The summed E-state index contributed by atoms with van der Waals surface area (Å²) in [5.74, 6) is 0.103. The third-order valence-electron chi connectivity index (χ3n) is 3.54. The summed E-state index contributed by atoms with van der Waals surface area (Å²) in [6, 6.07) is 22.5. The lowest BCUT2D eigenvalue weighted by molar-refractivity contribution is -0.135. The molecule has 0 aliphatic rings. The smallest absolute Gasteiger partial charge is 0.328 e. The van der Waals surface area contributed by atoms with Gasteiger partial charge in [-0.05, 0) is 34.9 Å². The molecular weight excluding hydrogens is 274 g/mol. The minimum Gasteiger partial charge on any atom is -0.425 e. The molecule has 0 aliphatic carbocycles. The molecule has 110 valence electrons. The molecule has 0 saturated carbocycles. The summed E-state index contributed by atoms with van der Waals surface area (Å²) in [7, 11) is 0. The van der Waals surface area contributed by atoms with E-state index in [2.05, 4.69) is 0 Å². The van der Waals surface area contributed by atoms with Crippen LogP contribution in [0.3, 0.4) is 0 Å². The maximum absolute atomic E-state index is 12.1. The zero-order valence-electron chi connectivity index (χ0n) is 12.1. The van der Waals surface area contributed by atoms with Crippen molar-refractivity contribution in [3.8, 4) is 5.75 Å². The fourth-order valence-electron chi connectivity index (χ4n) is 2.37. The molecule has 1 atom stereocenters. The molecule has 2 N–H and O–H groups in total. The van der Waals surface area contributed by atoms with Crippen LogP contribution < -0.4 is 10.5 Å². The van der Waals surface area contributed by atoms with Crippen molar-refractivity contribution in [1.29, 1.82) is 0 Å². The molecule has 0 spiro atoms. The van der Waals surface area contributed by atoms with Crippen molar-refractivity contribution in [2.24, 2.45) is 5.73 Å². The van der Waals surface area contributed by atoms with Crippen molar-refractivity contribution >= 4 is 16.7 Å². The van der Waals surface area contributed by atoms with Gasteiger partial charge >= 0.3 is 5.97 Å². The van der Waals surface area contributed by atoms with Gasteiger partial charge in [0.2, 0.25) is 0 Å². The molecule has 0 saturated heterocycles.